The van der Waals surface area contributed by atoms with Crippen LogP contribution in [-0.2, 0) is 25.5 Å². The molecule has 0 aliphatic heterocycles. The number of amides is 2. The van der Waals surface area contributed by atoms with E-state index in [0.717, 1.165) is 38.5 Å². The highest BCUT2D eigenvalue weighted by molar-refractivity contribution is 5.90. The van der Waals surface area contributed by atoms with Crippen molar-refractivity contribution in [2.24, 2.45) is 23.2 Å². The van der Waals surface area contributed by atoms with E-state index in [4.69, 9.17) is 14.2 Å². The predicted octanol–water partition coefficient (Wildman–Crippen LogP) is 5.22. The molecular weight excluding hydrogens is 528 g/mol. The molecule has 0 saturated heterocycles. The van der Waals surface area contributed by atoms with Crippen molar-refractivity contribution in [3.8, 4) is 5.75 Å². The van der Waals surface area contributed by atoms with Gasteiger partial charge in [0, 0.05) is 11.8 Å². The first-order chi connectivity index (χ1) is 19.0. The first kappa shape index (κ1) is 30.7. The molecule has 4 aliphatic carbocycles. The molecule has 226 valence electrons. The number of nitrogens with one attached hydrogen (secondary N) is 2. The number of aliphatic carboxylic acids is 1. The molecule has 10 heteroatoms. The molecule has 3 N–H and O–H groups in total. The molecule has 10 nitrogen and oxygen atoms in total. The maximum Gasteiger partial charge on any atom is 0.514 e. The maximum atomic E-state index is 13.7. The summed E-state index contributed by atoms with van der Waals surface area (Å²) in [6.07, 6.45) is 4.33. The highest BCUT2D eigenvalue weighted by Gasteiger charge is 2.56. The van der Waals surface area contributed by atoms with Crippen LogP contribution in [0.2, 0.25) is 0 Å². The zero-order valence-corrected chi connectivity index (χ0v) is 25.0. The lowest BCUT2D eigenvalue weighted by molar-refractivity contribution is -0.154. The van der Waals surface area contributed by atoms with Gasteiger partial charge >= 0.3 is 18.2 Å². The van der Waals surface area contributed by atoms with Crippen molar-refractivity contribution in [3.05, 3.63) is 29.8 Å². The van der Waals surface area contributed by atoms with E-state index in [1.165, 1.54) is 0 Å². The third-order valence-corrected chi connectivity index (χ3v) is 8.19. The number of carboxylic acid groups (broad SMARTS) is 1. The standard InChI is InChI=1S/C31H44N2O8/c1-29(2,3)40-27(37)32-23(14-18-7-9-22(10-8-18)39-28(38)41-30(4,5)6)25(34)33-24(26(35)36)31-15-19-11-20(16-31)13-21(12-19)17-31/h7-10,19-21,23-24H,11-17H2,1-6H3,(H,32,37)(H,33,34)(H,35,36)/t19?,20?,21?,23-,24+,31?/m0/s1. The Bertz CT molecular complexity index is 1110. The molecule has 0 aromatic heterocycles. The van der Waals surface area contributed by atoms with E-state index >= 15 is 0 Å². The van der Waals surface area contributed by atoms with Gasteiger partial charge in [-0.3, -0.25) is 4.79 Å². The number of hydrogen-bond acceptors (Lipinski definition) is 7. The van der Waals surface area contributed by atoms with Gasteiger partial charge in [-0.2, -0.15) is 0 Å². The second-order valence-corrected chi connectivity index (χ2v) is 14.2. The fraction of sp³-hybridized carbons (Fsp3) is 0.677. The quantitative estimate of drug-likeness (QED) is 0.284. The molecule has 4 aliphatic rings. The third-order valence-electron chi connectivity index (χ3n) is 8.19. The third kappa shape index (κ3) is 8.14. The molecule has 2 amide bonds. The molecule has 41 heavy (non-hydrogen) atoms. The predicted molar refractivity (Wildman–Crippen MR) is 150 cm³/mol. The Morgan fingerprint density at radius 2 is 1.37 bits per heavy atom. The van der Waals surface area contributed by atoms with Crippen molar-refractivity contribution in [3.63, 3.8) is 0 Å². The molecule has 1 aromatic carbocycles. The van der Waals surface area contributed by atoms with Gasteiger partial charge in [0.25, 0.3) is 0 Å². The molecule has 5 rings (SSSR count). The molecule has 0 heterocycles. The van der Waals surface area contributed by atoms with Crippen molar-refractivity contribution in [2.75, 3.05) is 0 Å². The average molecular weight is 573 g/mol. The first-order valence-electron chi connectivity index (χ1n) is 14.5. The monoisotopic (exact) mass is 572 g/mol. The molecule has 0 radical (unpaired) electrons. The van der Waals surface area contributed by atoms with E-state index < -0.39 is 52.8 Å². The lowest BCUT2D eigenvalue weighted by Crippen LogP contribution is -2.62. The summed E-state index contributed by atoms with van der Waals surface area (Å²) in [7, 11) is 0. The largest absolute Gasteiger partial charge is 0.514 e. The minimum Gasteiger partial charge on any atom is -0.480 e. The summed E-state index contributed by atoms with van der Waals surface area (Å²) in [6.45, 7) is 10.4. The average Bonchev–Trinajstić information content (AvgIpc) is 2.79. The van der Waals surface area contributed by atoms with Gasteiger partial charge < -0.3 is 30.0 Å². The molecule has 4 saturated carbocycles. The smallest absolute Gasteiger partial charge is 0.480 e. The fourth-order valence-electron chi connectivity index (χ4n) is 7.21. The molecule has 0 spiro atoms. The van der Waals surface area contributed by atoms with Gasteiger partial charge in [0.15, 0.2) is 0 Å². The second kappa shape index (κ2) is 11.5. The van der Waals surface area contributed by atoms with Gasteiger partial charge in [-0.1, -0.05) is 12.1 Å². The minimum absolute atomic E-state index is 0.0744. The van der Waals surface area contributed by atoms with Crippen LogP contribution in [0.5, 0.6) is 5.75 Å². The van der Waals surface area contributed by atoms with E-state index in [1.54, 1.807) is 65.8 Å². The zero-order valence-electron chi connectivity index (χ0n) is 25.0. The number of carboxylic acids is 1. The second-order valence-electron chi connectivity index (χ2n) is 14.2. The number of rotatable bonds is 8. The van der Waals surface area contributed by atoms with Crippen molar-refractivity contribution in [1.29, 1.82) is 0 Å². The van der Waals surface area contributed by atoms with Crippen LogP contribution in [0.25, 0.3) is 0 Å². The van der Waals surface area contributed by atoms with Gasteiger partial charge in [-0.15, -0.1) is 0 Å². The number of alkyl carbamates (subject to hydrolysis) is 1. The summed E-state index contributed by atoms with van der Waals surface area (Å²) >= 11 is 0. The zero-order chi connectivity index (χ0) is 30.2. The highest BCUT2D eigenvalue weighted by Crippen LogP contribution is 2.61. The Kier molecular flexibility index (Phi) is 8.62. The van der Waals surface area contributed by atoms with Crippen molar-refractivity contribution in [2.45, 2.75) is 110 Å². The molecule has 0 unspecified atom stereocenters. The number of ether oxygens (including phenoxy) is 3. The topological polar surface area (TPSA) is 140 Å². The van der Waals surface area contributed by atoms with E-state index in [9.17, 15) is 24.3 Å². The van der Waals surface area contributed by atoms with Gasteiger partial charge in [-0.05, 0) is 116 Å². The van der Waals surface area contributed by atoms with Crippen LogP contribution in [0.15, 0.2) is 24.3 Å². The summed E-state index contributed by atoms with van der Waals surface area (Å²) in [5.74, 6) is 0.177. The fourth-order valence-corrected chi connectivity index (χ4v) is 7.21. The van der Waals surface area contributed by atoms with Crippen molar-refractivity contribution >= 4 is 24.1 Å². The van der Waals surface area contributed by atoms with E-state index in [1.807, 2.05) is 0 Å². The highest BCUT2D eigenvalue weighted by atomic mass is 16.7. The Hall–Kier alpha value is -3.30. The van der Waals surface area contributed by atoms with Gasteiger partial charge in [0.1, 0.15) is 29.0 Å². The lowest BCUT2D eigenvalue weighted by atomic mass is 9.47. The van der Waals surface area contributed by atoms with Crippen molar-refractivity contribution in [1.82, 2.24) is 10.6 Å². The summed E-state index contributed by atoms with van der Waals surface area (Å²) in [5.41, 5.74) is -1.28. The SMILES string of the molecule is CC(C)(C)OC(=O)N[C@@H](Cc1ccc(OC(=O)OC(C)(C)C)cc1)C(=O)N[C@H](C(=O)O)C12CC3CC(CC(C3)C1)C2. The number of carbonyl (C=O) groups is 4. The Morgan fingerprint density at radius 3 is 1.83 bits per heavy atom. The number of carbonyl (C=O) groups excluding carboxylic acids is 3. The van der Waals surface area contributed by atoms with Gasteiger partial charge in [-0.25, -0.2) is 14.4 Å². The van der Waals surface area contributed by atoms with Crippen LogP contribution < -0.4 is 15.4 Å². The summed E-state index contributed by atoms with van der Waals surface area (Å²) in [5, 5.41) is 15.8. The summed E-state index contributed by atoms with van der Waals surface area (Å²) in [6, 6.07) is 4.36. The molecule has 2 atom stereocenters. The lowest BCUT2D eigenvalue weighted by Gasteiger charge is -2.58. The van der Waals surface area contributed by atoms with Crippen LogP contribution >= 0.6 is 0 Å². The van der Waals surface area contributed by atoms with Crippen LogP contribution in [-0.4, -0.2) is 52.5 Å². The van der Waals surface area contributed by atoms with E-state index in [-0.39, 0.29) is 12.2 Å². The Morgan fingerprint density at radius 1 is 0.854 bits per heavy atom. The van der Waals surface area contributed by atoms with E-state index in [2.05, 4.69) is 10.6 Å². The van der Waals surface area contributed by atoms with Gasteiger partial charge in [0.05, 0.1) is 0 Å². The van der Waals surface area contributed by atoms with Crippen LogP contribution in [0.3, 0.4) is 0 Å². The summed E-state index contributed by atoms with van der Waals surface area (Å²) < 4.78 is 15.8. The van der Waals surface area contributed by atoms with Crippen LogP contribution in [0.4, 0.5) is 9.59 Å². The van der Waals surface area contributed by atoms with Gasteiger partial charge in [0.2, 0.25) is 5.91 Å². The number of hydrogen-bond donors (Lipinski definition) is 3. The first-order valence-corrected chi connectivity index (χ1v) is 14.5. The molecule has 4 fully saturated rings. The summed E-state index contributed by atoms with van der Waals surface area (Å²) in [4.78, 5) is 50.9. The Labute approximate surface area is 241 Å². The van der Waals surface area contributed by atoms with Crippen molar-refractivity contribution < 1.29 is 38.5 Å². The number of benzene rings is 1. The van der Waals surface area contributed by atoms with E-state index in [0.29, 0.717) is 23.3 Å². The molecular formula is C31H44N2O8. The van der Waals surface area contributed by atoms with Crippen LogP contribution in [0, 0.1) is 23.2 Å². The Balaban J connectivity index is 1.49. The van der Waals surface area contributed by atoms with Crippen LogP contribution in [0.1, 0.15) is 85.6 Å². The molecule has 1 aromatic rings. The maximum absolute atomic E-state index is 13.7. The minimum atomic E-state index is -1.08. The molecule has 4 bridgehead atoms. The normalized spacial score (nSPS) is 26.4.